The summed E-state index contributed by atoms with van der Waals surface area (Å²) in [5.41, 5.74) is 0.333. The van der Waals surface area contributed by atoms with Gasteiger partial charge < -0.3 is 15.4 Å². The van der Waals surface area contributed by atoms with Gasteiger partial charge in [-0.3, -0.25) is 9.78 Å². The molecule has 31 heavy (non-hydrogen) atoms. The standard InChI is InChI=1S/C20H21F6N3O2/c1-10(20(24,25)26)28-13-2-4-14(5-3-13)29-18(30)12-6-11-7-15(21)17(31-19(22)23)8-16(11)27-9-12/h6-10,13-14,19,28H,2-5H2,1H3,(H,29,30)/t10?,13-,14-. The molecule has 1 heterocycles. The summed E-state index contributed by atoms with van der Waals surface area (Å²) >= 11 is 0. The fourth-order valence-corrected chi connectivity index (χ4v) is 3.56. The minimum atomic E-state index is -4.31. The lowest BCUT2D eigenvalue weighted by Gasteiger charge is -2.32. The molecule has 1 aromatic carbocycles. The van der Waals surface area contributed by atoms with Gasteiger partial charge in [0.2, 0.25) is 0 Å². The van der Waals surface area contributed by atoms with Gasteiger partial charge in [0.05, 0.1) is 11.1 Å². The van der Waals surface area contributed by atoms with Crippen LogP contribution in [0.5, 0.6) is 5.75 Å². The lowest BCUT2D eigenvalue weighted by Crippen LogP contribution is -2.48. The summed E-state index contributed by atoms with van der Waals surface area (Å²) < 4.78 is 80.6. The fourth-order valence-electron chi connectivity index (χ4n) is 3.56. The van der Waals surface area contributed by atoms with Crippen LogP contribution in [0.15, 0.2) is 24.4 Å². The molecule has 170 valence electrons. The summed E-state index contributed by atoms with van der Waals surface area (Å²) in [5, 5.41) is 5.61. The van der Waals surface area contributed by atoms with E-state index in [1.54, 1.807) is 0 Å². The molecule has 0 spiro atoms. The topological polar surface area (TPSA) is 63.2 Å². The second kappa shape index (κ2) is 9.29. The minimum Gasteiger partial charge on any atom is -0.432 e. The average Bonchev–Trinajstić information content (AvgIpc) is 2.68. The number of amides is 1. The van der Waals surface area contributed by atoms with Gasteiger partial charge in [-0.15, -0.1) is 0 Å². The molecule has 0 saturated heterocycles. The van der Waals surface area contributed by atoms with E-state index in [0.29, 0.717) is 25.7 Å². The Balaban J connectivity index is 1.59. The number of fused-ring (bicyclic) bond motifs is 1. The minimum absolute atomic E-state index is 0.153. The number of hydrogen-bond donors (Lipinski definition) is 2. The molecule has 0 bridgehead atoms. The number of benzene rings is 1. The van der Waals surface area contributed by atoms with Gasteiger partial charge in [-0.25, -0.2) is 4.39 Å². The Kier molecular flexibility index (Phi) is 6.93. The van der Waals surface area contributed by atoms with Crippen molar-refractivity contribution in [2.75, 3.05) is 0 Å². The Labute approximate surface area is 174 Å². The lowest BCUT2D eigenvalue weighted by atomic mass is 9.90. The molecule has 1 atom stereocenters. The van der Waals surface area contributed by atoms with E-state index in [9.17, 15) is 31.1 Å². The van der Waals surface area contributed by atoms with Crippen molar-refractivity contribution < 1.29 is 35.9 Å². The number of carbonyl (C=O) groups excluding carboxylic acids is 1. The second-order valence-corrected chi connectivity index (χ2v) is 7.53. The van der Waals surface area contributed by atoms with E-state index >= 15 is 0 Å². The van der Waals surface area contributed by atoms with Gasteiger partial charge in [0.1, 0.15) is 6.04 Å². The van der Waals surface area contributed by atoms with Crippen LogP contribution in [-0.2, 0) is 0 Å². The number of carbonyl (C=O) groups is 1. The van der Waals surface area contributed by atoms with Crippen LogP contribution < -0.4 is 15.4 Å². The first-order valence-electron chi connectivity index (χ1n) is 9.70. The number of rotatable bonds is 6. The van der Waals surface area contributed by atoms with Gasteiger partial charge in [-0.05, 0) is 44.7 Å². The van der Waals surface area contributed by atoms with Gasteiger partial charge in [0.15, 0.2) is 11.6 Å². The van der Waals surface area contributed by atoms with Gasteiger partial charge in [-0.2, -0.15) is 22.0 Å². The molecular formula is C20H21F6N3O2. The summed E-state index contributed by atoms with van der Waals surface area (Å²) in [5.74, 6) is -2.11. The van der Waals surface area contributed by atoms with Crippen LogP contribution in [0.2, 0.25) is 0 Å². The molecule has 5 nitrogen and oxygen atoms in total. The molecule has 0 aliphatic heterocycles. The van der Waals surface area contributed by atoms with Crippen molar-refractivity contribution in [3.63, 3.8) is 0 Å². The smallest absolute Gasteiger partial charge is 0.403 e. The van der Waals surface area contributed by atoms with E-state index in [1.165, 1.54) is 12.3 Å². The molecule has 1 aliphatic carbocycles. The third-order valence-corrected chi connectivity index (χ3v) is 5.25. The van der Waals surface area contributed by atoms with Crippen molar-refractivity contribution >= 4 is 16.8 Å². The van der Waals surface area contributed by atoms with Crippen molar-refractivity contribution in [3.05, 3.63) is 35.8 Å². The van der Waals surface area contributed by atoms with Crippen molar-refractivity contribution in [1.29, 1.82) is 0 Å². The summed E-state index contributed by atoms with van der Waals surface area (Å²) in [6.07, 6.45) is -1.07. The van der Waals surface area contributed by atoms with E-state index < -0.39 is 36.3 Å². The quantitative estimate of drug-likeness (QED) is 0.635. The van der Waals surface area contributed by atoms with Gasteiger partial charge in [-0.1, -0.05) is 0 Å². The molecule has 1 saturated carbocycles. The second-order valence-electron chi connectivity index (χ2n) is 7.53. The van der Waals surface area contributed by atoms with Gasteiger partial charge >= 0.3 is 12.8 Å². The molecule has 1 aromatic heterocycles. The van der Waals surface area contributed by atoms with E-state index in [4.69, 9.17) is 0 Å². The molecule has 1 fully saturated rings. The third kappa shape index (κ3) is 5.99. The number of ether oxygens (including phenoxy) is 1. The lowest BCUT2D eigenvalue weighted by molar-refractivity contribution is -0.153. The van der Waals surface area contributed by atoms with Crippen LogP contribution >= 0.6 is 0 Å². The number of nitrogens with one attached hydrogen (secondary N) is 2. The summed E-state index contributed by atoms with van der Waals surface area (Å²) in [7, 11) is 0. The normalized spacial score (nSPS) is 20.6. The molecule has 1 unspecified atom stereocenters. The first-order chi connectivity index (χ1) is 14.5. The molecule has 2 aromatic rings. The molecule has 2 N–H and O–H groups in total. The highest BCUT2D eigenvalue weighted by Crippen LogP contribution is 2.27. The Hall–Kier alpha value is -2.56. The number of alkyl halides is 5. The van der Waals surface area contributed by atoms with E-state index in [1.807, 2.05) is 0 Å². The highest BCUT2D eigenvalue weighted by Gasteiger charge is 2.37. The maximum atomic E-state index is 13.9. The zero-order valence-electron chi connectivity index (χ0n) is 16.5. The predicted molar refractivity (Wildman–Crippen MR) is 100 cm³/mol. The maximum absolute atomic E-state index is 13.9. The maximum Gasteiger partial charge on any atom is 0.403 e. The Morgan fingerprint density at radius 3 is 2.39 bits per heavy atom. The largest absolute Gasteiger partial charge is 0.432 e. The predicted octanol–water partition coefficient (Wildman–Crippen LogP) is 4.56. The molecule has 3 rings (SSSR count). The Morgan fingerprint density at radius 1 is 1.13 bits per heavy atom. The SMILES string of the molecule is CC(N[C@H]1CC[C@H](NC(=O)c2cnc3cc(OC(F)F)c(F)cc3c2)CC1)C(F)(F)F. The average molecular weight is 449 g/mol. The summed E-state index contributed by atoms with van der Waals surface area (Å²) in [6.45, 7) is -2.11. The number of halogens is 6. The highest BCUT2D eigenvalue weighted by molar-refractivity contribution is 5.97. The summed E-state index contributed by atoms with van der Waals surface area (Å²) in [4.78, 5) is 16.5. The number of hydrogen-bond acceptors (Lipinski definition) is 4. The molecular weight excluding hydrogens is 428 g/mol. The van der Waals surface area contributed by atoms with E-state index in [-0.39, 0.29) is 28.6 Å². The van der Waals surface area contributed by atoms with Crippen molar-refractivity contribution in [2.45, 2.75) is 63.5 Å². The molecule has 1 aliphatic rings. The Bertz CT molecular complexity index is 929. The van der Waals surface area contributed by atoms with Crippen LogP contribution in [0.25, 0.3) is 10.9 Å². The third-order valence-electron chi connectivity index (χ3n) is 5.25. The van der Waals surface area contributed by atoms with Crippen molar-refractivity contribution in [1.82, 2.24) is 15.6 Å². The molecule has 1 amide bonds. The van der Waals surface area contributed by atoms with Crippen LogP contribution in [0.1, 0.15) is 43.0 Å². The van der Waals surface area contributed by atoms with Crippen molar-refractivity contribution in [3.8, 4) is 5.75 Å². The van der Waals surface area contributed by atoms with E-state index in [2.05, 4.69) is 20.4 Å². The fraction of sp³-hybridized carbons (Fsp3) is 0.500. The molecule has 11 heteroatoms. The first-order valence-corrected chi connectivity index (χ1v) is 9.70. The number of pyridine rings is 1. The van der Waals surface area contributed by atoms with Gasteiger partial charge in [0, 0.05) is 29.7 Å². The zero-order valence-corrected chi connectivity index (χ0v) is 16.5. The summed E-state index contributed by atoms with van der Waals surface area (Å²) in [6, 6.07) is 1.27. The van der Waals surface area contributed by atoms with Crippen LogP contribution in [0.3, 0.4) is 0 Å². The Morgan fingerprint density at radius 2 is 1.77 bits per heavy atom. The molecule has 0 radical (unpaired) electrons. The first kappa shape index (κ1) is 23.1. The monoisotopic (exact) mass is 449 g/mol. The van der Waals surface area contributed by atoms with E-state index in [0.717, 1.165) is 19.1 Å². The highest BCUT2D eigenvalue weighted by atomic mass is 19.4. The zero-order chi connectivity index (χ0) is 22.8. The van der Waals surface area contributed by atoms with Crippen LogP contribution in [-0.4, -0.2) is 41.8 Å². The van der Waals surface area contributed by atoms with Crippen LogP contribution in [0, 0.1) is 5.82 Å². The van der Waals surface area contributed by atoms with Gasteiger partial charge in [0.25, 0.3) is 5.91 Å². The van der Waals surface area contributed by atoms with Crippen LogP contribution in [0.4, 0.5) is 26.3 Å². The van der Waals surface area contributed by atoms with Crippen molar-refractivity contribution in [2.24, 2.45) is 0 Å². The number of aromatic nitrogens is 1. The number of nitrogens with zero attached hydrogens (tertiary/aromatic N) is 1.